The molecule has 2 aromatic carbocycles. The molecule has 3 rings (SSSR count). The van der Waals surface area contributed by atoms with E-state index in [0.29, 0.717) is 13.0 Å². The molecule has 28 heavy (non-hydrogen) atoms. The first-order valence-electron chi connectivity index (χ1n) is 9.60. The molecule has 6 heteroatoms. The van der Waals surface area contributed by atoms with Gasteiger partial charge in [0.15, 0.2) is 0 Å². The lowest BCUT2D eigenvalue weighted by Crippen LogP contribution is -2.39. The van der Waals surface area contributed by atoms with Crippen LogP contribution in [0.3, 0.4) is 0 Å². The average molecular weight is 447 g/mol. The normalized spacial score (nSPS) is 18.1. The Morgan fingerprint density at radius 1 is 1.29 bits per heavy atom. The number of benzene rings is 2. The fourth-order valence-electron chi connectivity index (χ4n) is 3.89. The first-order valence-corrected chi connectivity index (χ1v) is 10.4. The first-order chi connectivity index (χ1) is 13.4. The topological polar surface area (TPSA) is 53.0 Å². The Kier molecular flexibility index (Phi) is 6.62. The lowest BCUT2D eigenvalue weighted by Gasteiger charge is -2.33. The van der Waals surface area contributed by atoms with Gasteiger partial charge in [-0.15, -0.1) is 0 Å². The zero-order chi connectivity index (χ0) is 20.3. The number of hydrogen-bond donors (Lipinski definition) is 1. The molecule has 2 atom stereocenters. The second kappa shape index (κ2) is 8.97. The Morgan fingerprint density at radius 2 is 2.00 bits per heavy atom. The summed E-state index contributed by atoms with van der Waals surface area (Å²) in [7, 11) is 4.02. The van der Waals surface area contributed by atoms with Crippen LogP contribution in [0.5, 0.6) is 5.75 Å². The van der Waals surface area contributed by atoms with E-state index in [2.05, 4.69) is 50.0 Å². The predicted molar refractivity (Wildman–Crippen MR) is 115 cm³/mol. The van der Waals surface area contributed by atoms with Gasteiger partial charge in [-0.2, -0.15) is 0 Å². The van der Waals surface area contributed by atoms with Gasteiger partial charge in [0.1, 0.15) is 11.8 Å². The molecule has 1 saturated heterocycles. The molecule has 1 fully saturated rings. The number of anilines is 1. The van der Waals surface area contributed by atoms with Gasteiger partial charge in [-0.1, -0.05) is 28.1 Å². The number of carbonyl (C=O) groups is 1. The van der Waals surface area contributed by atoms with Crippen LogP contribution in [0.1, 0.15) is 36.9 Å². The summed E-state index contributed by atoms with van der Waals surface area (Å²) in [5.41, 5.74) is 3.16. The van der Waals surface area contributed by atoms with Crippen molar-refractivity contribution in [3.63, 3.8) is 0 Å². The minimum atomic E-state index is -0.764. The predicted octanol–water partition coefficient (Wildman–Crippen LogP) is 4.55. The van der Waals surface area contributed by atoms with Crippen LogP contribution in [-0.2, 0) is 4.79 Å². The van der Waals surface area contributed by atoms with Gasteiger partial charge in [-0.25, -0.2) is 0 Å². The van der Waals surface area contributed by atoms with Crippen LogP contribution in [-0.4, -0.2) is 49.3 Å². The number of carboxylic acid groups (broad SMARTS) is 1. The van der Waals surface area contributed by atoms with E-state index < -0.39 is 12.0 Å². The number of nitrogens with zero attached hydrogens (tertiary/aromatic N) is 2. The zero-order valence-electron chi connectivity index (χ0n) is 16.6. The number of rotatable bonds is 7. The van der Waals surface area contributed by atoms with Gasteiger partial charge < -0.3 is 14.7 Å². The van der Waals surface area contributed by atoms with Crippen molar-refractivity contribution in [3.05, 3.63) is 58.1 Å². The number of likely N-dealkylation sites (tertiary alicyclic amines) is 1. The lowest BCUT2D eigenvalue weighted by molar-refractivity contribution is -0.142. The number of carboxylic acids is 1. The van der Waals surface area contributed by atoms with Crippen molar-refractivity contribution in [2.24, 2.45) is 0 Å². The molecule has 0 aliphatic carbocycles. The van der Waals surface area contributed by atoms with E-state index >= 15 is 0 Å². The van der Waals surface area contributed by atoms with Gasteiger partial charge in [-0.3, -0.25) is 9.69 Å². The molecule has 0 saturated carbocycles. The maximum atomic E-state index is 11.9. The Balaban J connectivity index is 2.12. The molecule has 0 bridgehead atoms. The van der Waals surface area contributed by atoms with Crippen LogP contribution in [0.2, 0.25) is 0 Å². The van der Waals surface area contributed by atoms with Crippen LogP contribution >= 0.6 is 15.9 Å². The first kappa shape index (κ1) is 20.7. The van der Waals surface area contributed by atoms with Gasteiger partial charge >= 0.3 is 5.97 Å². The minimum Gasteiger partial charge on any atom is -0.494 e. The summed E-state index contributed by atoms with van der Waals surface area (Å²) in [4.78, 5) is 16.1. The Morgan fingerprint density at radius 3 is 2.61 bits per heavy atom. The number of halogens is 1. The van der Waals surface area contributed by atoms with Crippen LogP contribution in [0, 0.1) is 0 Å². The van der Waals surface area contributed by atoms with E-state index in [9.17, 15) is 9.90 Å². The minimum absolute atomic E-state index is 0.182. The van der Waals surface area contributed by atoms with Crippen LogP contribution in [0.15, 0.2) is 46.9 Å². The third-order valence-corrected chi connectivity index (χ3v) is 5.70. The summed E-state index contributed by atoms with van der Waals surface area (Å²) < 4.78 is 6.86. The summed E-state index contributed by atoms with van der Waals surface area (Å²) in [6.07, 6.45) is 1.54. The van der Waals surface area contributed by atoms with Crippen molar-refractivity contribution in [1.29, 1.82) is 0 Å². The molecule has 2 aromatic rings. The van der Waals surface area contributed by atoms with Crippen molar-refractivity contribution in [3.8, 4) is 5.75 Å². The molecule has 150 valence electrons. The fraction of sp³-hybridized carbons (Fsp3) is 0.409. The van der Waals surface area contributed by atoms with E-state index in [1.807, 2.05) is 39.2 Å². The highest BCUT2D eigenvalue weighted by Crippen LogP contribution is 2.40. The molecule has 1 N–H and O–H groups in total. The van der Waals surface area contributed by atoms with Gasteiger partial charge in [0, 0.05) is 36.4 Å². The highest BCUT2D eigenvalue weighted by Gasteiger charge is 2.38. The largest absolute Gasteiger partial charge is 0.494 e. The standard InChI is InChI=1S/C22H27BrN2O3/c1-4-28-20-12-9-16(23)14-18(20)21(25-13-5-6-19(25)22(26)27)15-7-10-17(11-8-15)24(2)3/h7-12,14,19,21H,4-6,13H2,1-3H3,(H,26,27). The van der Waals surface area contributed by atoms with Crippen molar-refractivity contribution < 1.29 is 14.6 Å². The highest BCUT2D eigenvalue weighted by atomic mass is 79.9. The van der Waals surface area contributed by atoms with Crippen LogP contribution in [0.4, 0.5) is 5.69 Å². The average Bonchev–Trinajstić information content (AvgIpc) is 3.14. The van der Waals surface area contributed by atoms with Gasteiger partial charge in [-0.05, 0) is 55.7 Å². The SMILES string of the molecule is CCOc1ccc(Br)cc1C(c1ccc(N(C)C)cc1)N1CCCC1C(=O)O. The molecule has 1 aliphatic heterocycles. The van der Waals surface area contributed by atoms with E-state index in [1.165, 1.54) is 0 Å². The molecule has 5 nitrogen and oxygen atoms in total. The molecular weight excluding hydrogens is 420 g/mol. The van der Waals surface area contributed by atoms with Gasteiger partial charge in [0.2, 0.25) is 0 Å². The van der Waals surface area contributed by atoms with Gasteiger partial charge in [0.05, 0.1) is 12.6 Å². The summed E-state index contributed by atoms with van der Waals surface area (Å²) in [6, 6.07) is 13.6. The van der Waals surface area contributed by atoms with E-state index in [1.54, 1.807) is 0 Å². The van der Waals surface area contributed by atoms with Crippen LogP contribution < -0.4 is 9.64 Å². The Bertz CT molecular complexity index is 823. The zero-order valence-corrected chi connectivity index (χ0v) is 18.1. The smallest absolute Gasteiger partial charge is 0.320 e. The van der Waals surface area contributed by atoms with Crippen LogP contribution in [0.25, 0.3) is 0 Å². The van der Waals surface area contributed by atoms with Crippen molar-refractivity contribution >= 4 is 27.6 Å². The molecular formula is C22H27BrN2O3. The third-order valence-electron chi connectivity index (χ3n) is 5.20. The maximum Gasteiger partial charge on any atom is 0.320 e. The monoisotopic (exact) mass is 446 g/mol. The van der Waals surface area contributed by atoms with E-state index in [0.717, 1.165) is 40.0 Å². The molecule has 1 heterocycles. The second-order valence-electron chi connectivity index (χ2n) is 7.24. The molecule has 1 aliphatic rings. The number of hydrogen-bond acceptors (Lipinski definition) is 4. The maximum absolute atomic E-state index is 11.9. The molecule has 0 aromatic heterocycles. The highest BCUT2D eigenvalue weighted by molar-refractivity contribution is 9.10. The van der Waals surface area contributed by atoms with E-state index in [4.69, 9.17) is 4.74 Å². The molecule has 0 spiro atoms. The van der Waals surface area contributed by atoms with Gasteiger partial charge in [0.25, 0.3) is 0 Å². The summed E-state index contributed by atoms with van der Waals surface area (Å²) >= 11 is 3.57. The van der Waals surface area contributed by atoms with Crippen molar-refractivity contribution in [1.82, 2.24) is 4.90 Å². The summed E-state index contributed by atoms with van der Waals surface area (Å²) in [5, 5.41) is 9.78. The summed E-state index contributed by atoms with van der Waals surface area (Å²) in [5.74, 6) is 0.0313. The molecule has 2 unspecified atom stereocenters. The molecule has 0 radical (unpaired) electrons. The lowest BCUT2D eigenvalue weighted by atomic mass is 9.95. The number of aliphatic carboxylic acids is 1. The molecule has 0 amide bonds. The number of ether oxygens (including phenoxy) is 1. The van der Waals surface area contributed by atoms with Crippen molar-refractivity contribution in [2.75, 3.05) is 32.1 Å². The van der Waals surface area contributed by atoms with Crippen molar-refractivity contribution in [2.45, 2.75) is 31.8 Å². The second-order valence-corrected chi connectivity index (χ2v) is 8.15. The summed E-state index contributed by atoms with van der Waals surface area (Å²) in [6.45, 7) is 3.26. The Hall–Kier alpha value is -2.05. The quantitative estimate of drug-likeness (QED) is 0.675. The van der Waals surface area contributed by atoms with E-state index in [-0.39, 0.29) is 6.04 Å². The fourth-order valence-corrected chi connectivity index (χ4v) is 4.27. The third kappa shape index (κ3) is 4.33. The Labute approximate surface area is 175 Å².